The number of benzene rings is 2. The molecule has 6 heteroatoms. The van der Waals surface area contributed by atoms with Crippen LogP contribution in [-0.2, 0) is 18.3 Å². The minimum absolute atomic E-state index is 0.0635. The molecule has 1 spiro atoms. The Kier molecular flexibility index (Phi) is 4.86. The normalized spacial score (nSPS) is 28.9. The zero-order valence-corrected chi connectivity index (χ0v) is 22.2. The first-order valence-electron chi connectivity index (χ1n) is 14.3. The van der Waals surface area contributed by atoms with E-state index in [1.54, 1.807) is 7.11 Å². The standard InChI is InChI=1S/C32H35N3O3/c1-18-22-17-23-24-16-21-8-9-25(37-2)29-26(21)32(23,12-13-33-24)30(38-29)28(22)34-27(18)31(36)35-14-10-20(11-15-35)19-6-4-3-5-7-19/h3-9,20,23-24,30,33-34H,10-17H2,1-2H3/t23-,24+,30-,32?/m0/s1. The molecular formula is C32H35N3O3. The summed E-state index contributed by atoms with van der Waals surface area (Å²) in [6.45, 7) is 4.73. The number of fused-ring (bicyclic) bond motifs is 2. The van der Waals surface area contributed by atoms with Crippen molar-refractivity contribution in [3.63, 3.8) is 0 Å². The summed E-state index contributed by atoms with van der Waals surface area (Å²) < 4.78 is 12.7. The third kappa shape index (κ3) is 2.90. The molecule has 2 bridgehead atoms. The molecule has 4 atom stereocenters. The SMILES string of the molecule is COc1ccc2c3c1O[C@H]1c4[nH]c(C(=O)N5CCC(c6ccccc6)CC5)c(C)c4C[C@H]4[C@@H](C2)NCCC314. The van der Waals surface area contributed by atoms with Gasteiger partial charge in [-0.05, 0) is 85.7 Å². The molecule has 1 unspecified atom stereocenters. The monoisotopic (exact) mass is 509 g/mol. The van der Waals surface area contributed by atoms with E-state index in [0.717, 1.165) is 80.2 Å². The predicted octanol–water partition coefficient (Wildman–Crippen LogP) is 4.81. The first-order chi connectivity index (χ1) is 18.6. The number of rotatable bonds is 3. The summed E-state index contributed by atoms with van der Waals surface area (Å²) in [6.07, 6.45) is 4.97. The van der Waals surface area contributed by atoms with Gasteiger partial charge in [0.2, 0.25) is 0 Å². The maximum atomic E-state index is 13.9. The molecule has 0 radical (unpaired) electrons. The number of nitrogens with one attached hydrogen (secondary N) is 2. The Morgan fingerprint density at radius 3 is 2.71 bits per heavy atom. The van der Waals surface area contributed by atoms with E-state index in [0.29, 0.717) is 17.9 Å². The molecule has 2 aliphatic carbocycles. The van der Waals surface area contributed by atoms with Gasteiger partial charge in [0, 0.05) is 30.1 Å². The number of aromatic nitrogens is 1. The van der Waals surface area contributed by atoms with E-state index in [1.807, 2.05) is 0 Å². The van der Waals surface area contributed by atoms with Gasteiger partial charge in [0.05, 0.1) is 12.8 Å². The van der Waals surface area contributed by atoms with Gasteiger partial charge < -0.3 is 24.7 Å². The van der Waals surface area contributed by atoms with Gasteiger partial charge in [-0.15, -0.1) is 0 Å². The molecule has 1 amide bonds. The summed E-state index contributed by atoms with van der Waals surface area (Å²) in [6, 6.07) is 15.5. The molecule has 2 N–H and O–H groups in total. The van der Waals surface area contributed by atoms with E-state index in [4.69, 9.17) is 9.47 Å². The lowest BCUT2D eigenvalue weighted by atomic mass is 9.52. The number of piperidine rings is 2. The fourth-order valence-electron chi connectivity index (χ4n) is 8.67. The highest BCUT2D eigenvalue weighted by atomic mass is 16.5. The number of hydrogen-bond donors (Lipinski definition) is 2. The molecule has 2 saturated heterocycles. The Morgan fingerprint density at radius 2 is 1.92 bits per heavy atom. The molecule has 196 valence electrons. The Labute approximate surface area is 223 Å². The van der Waals surface area contributed by atoms with Gasteiger partial charge in [-0.3, -0.25) is 4.79 Å². The highest BCUT2D eigenvalue weighted by molar-refractivity contribution is 5.94. The number of ether oxygens (including phenoxy) is 2. The largest absolute Gasteiger partial charge is 0.493 e. The number of nitrogens with zero attached hydrogens (tertiary/aromatic N) is 1. The second-order valence-corrected chi connectivity index (χ2v) is 12.0. The number of hydrogen-bond acceptors (Lipinski definition) is 4. The highest BCUT2D eigenvalue weighted by Crippen LogP contribution is 2.66. The van der Waals surface area contributed by atoms with E-state index >= 15 is 0 Å². The van der Waals surface area contributed by atoms with Crippen molar-refractivity contribution in [3.05, 3.63) is 81.7 Å². The summed E-state index contributed by atoms with van der Waals surface area (Å²) in [5, 5.41) is 3.83. The van der Waals surface area contributed by atoms with Crippen LogP contribution < -0.4 is 14.8 Å². The van der Waals surface area contributed by atoms with Crippen LogP contribution in [0.1, 0.15) is 75.3 Å². The van der Waals surface area contributed by atoms with Crippen molar-refractivity contribution in [2.45, 2.75) is 62.5 Å². The molecule has 0 saturated carbocycles. The first kappa shape index (κ1) is 22.7. The smallest absolute Gasteiger partial charge is 0.270 e. The number of amides is 1. The molecule has 6 nitrogen and oxygen atoms in total. The molecule has 4 heterocycles. The number of carbonyl (C=O) groups is 1. The van der Waals surface area contributed by atoms with Crippen LogP contribution >= 0.6 is 0 Å². The third-order valence-corrected chi connectivity index (χ3v) is 10.5. The summed E-state index contributed by atoms with van der Waals surface area (Å²) in [5.74, 6) is 2.87. The van der Waals surface area contributed by atoms with E-state index < -0.39 is 0 Å². The molecule has 3 aliphatic heterocycles. The van der Waals surface area contributed by atoms with E-state index in [9.17, 15) is 4.79 Å². The third-order valence-electron chi connectivity index (χ3n) is 10.5. The van der Waals surface area contributed by atoms with Crippen molar-refractivity contribution in [1.82, 2.24) is 15.2 Å². The Bertz CT molecular complexity index is 1440. The molecule has 8 rings (SSSR count). The van der Waals surface area contributed by atoms with Gasteiger partial charge >= 0.3 is 0 Å². The molecular weight excluding hydrogens is 474 g/mol. The fourth-order valence-corrected chi connectivity index (χ4v) is 8.67. The number of aromatic amines is 1. The van der Waals surface area contributed by atoms with E-state index in [-0.39, 0.29) is 17.4 Å². The lowest BCUT2D eigenvalue weighted by Gasteiger charge is -2.54. The zero-order valence-electron chi connectivity index (χ0n) is 22.2. The van der Waals surface area contributed by atoms with E-state index in [1.165, 1.54) is 22.3 Å². The van der Waals surface area contributed by atoms with Crippen molar-refractivity contribution in [1.29, 1.82) is 0 Å². The van der Waals surface area contributed by atoms with Gasteiger partial charge in [-0.25, -0.2) is 0 Å². The number of H-pyrrole nitrogens is 1. The Morgan fingerprint density at radius 1 is 1.11 bits per heavy atom. The van der Waals surface area contributed by atoms with Crippen LogP contribution in [0.25, 0.3) is 0 Å². The fraction of sp³-hybridized carbons (Fsp3) is 0.469. The summed E-state index contributed by atoms with van der Waals surface area (Å²) in [4.78, 5) is 19.6. The predicted molar refractivity (Wildman–Crippen MR) is 145 cm³/mol. The first-order valence-corrected chi connectivity index (χ1v) is 14.3. The quantitative estimate of drug-likeness (QED) is 0.532. The Hall–Kier alpha value is -3.25. The second-order valence-electron chi connectivity index (χ2n) is 12.0. The number of likely N-dealkylation sites (tertiary alicyclic amines) is 1. The lowest BCUT2D eigenvalue weighted by Crippen LogP contribution is -2.61. The molecule has 5 aliphatic rings. The van der Waals surface area contributed by atoms with Crippen molar-refractivity contribution < 1.29 is 14.3 Å². The average Bonchev–Trinajstić information content (AvgIpc) is 3.47. The van der Waals surface area contributed by atoms with Crippen LogP contribution in [0, 0.1) is 12.8 Å². The van der Waals surface area contributed by atoms with Gasteiger partial charge in [0.15, 0.2) is 11.5 Å². The van der Waals surface area contributed by atoms with Crippen LogP contribution in [0.15, 0.2) is 42.5 Å². The van der Waals surface area contributed by atoms with Gasteiger partial charge in [-0.2, -0.15) is 0 Å². The second kappa shape index (κ2) is 8.12. The van der Waals surface area contributed by atoms with Crippen molar-refractivity contribution in [2.75, 3.05) is 26.7 Å². The number of methoxy groups -OCH3 is 1. The Balaban J connectivity index is 1.15. The maximum absolute atomic E-state index is 13.9. The number of carbonyl (C=O) groups excluding carboxylic acids is 1. The minimum atomic E-state index is -0.102. The van der Waals surface area contributed by atoms with Gasteiger partial charge in [0.25, 0.3) is 5.91 Å². The summed E-state index contributed by atoms with van der Waals surface area (Å²) in [5.41, 5.74) is 8.37. The topological polar surface area (TPSA) is 66.6 Å². The highest BCUT2D eigenvalue weighted by Gasteiger charge is 2.64. The zero-order chi connectivity index (χ0) is 25.6. The van der Waals surface area contributed by atoms with Gasteiger partial charge in [-0.1, -0.05) is 36.4 Å². The average molecular weight is 510 g/mol. The van der Waals surface area contributed by atoms with Crippen LogP contribution in [0.5, 0.6) is 11.5 Å². The lowest BCUT2D eigenvalue weighted by molar-refractivity contribution is 0.0256. The van der Waals surface area contributed by atoms with Crippen molar-refractivity contribution >= 4 is 5.91 Å². The van der Waals surface area contributed by atoms with Crippen LogP contribution in [0.2, 0.25) is 0 Å². The van der Waals surface area contributed by atoms with Crippen molar-refractivity contribution in [2.24, 2.45) is 5.92 Å². The van der Waals surface area contributed by atoms with Crippen molar-refractivity contribution in [3.8, 4) is 11.5 Å². The van der Waals surface area contributed by atoms with Crippen LogP contribution in [0.3, 0.4) is 0 Å². The van der Waals surface area contributed by atoms with Crippen LogP contribution in [-0.4, -0.2) is 48.6 Å². The maximum Gasteiger partial charge on any atom is 0.270 e. The molecule has 2 aromatic carbocycles. The van der Waals surface area contributed by atoms with E-state index in [2.05, 4.69) is 64.6 Å². The molecule has 2 fully saturated rings. The van der Waals surface area contributed by atoms with Gasteiger partial charge in [0.1, 0.15) is 11.8 Å². The molecule has 1 aromatic heterocycles. The minimum Gasteiger partial charge on any atom is -0.493 e. The summed E-state index contributed by atoms with van der Waals surface area (Å²) >= 11 is 0. The molecule has 38 heavy (non-hydrogen) atoms. The van der Waals surface area contributed by atoms with Crippen LogP contribution in [0.4, 0.5) is 0 Å². The molecule has 3 aromatic rings. The summed E-state index contributed by atoms with van der Waals surface area (Å²) in [7, 11) is 1.73.